The summed E-state index contributed by atoms with van der Waals surface area (Å²) in [6, 6.07) is 11.8. The smallest absolute Gasteiger partial charge is 0.437 e. The molecule has 4 heterocycles. The van der Waals surface area contributed by atoms with E-state index in [2.05, 4.69) is 20.5 Å². The molecule has 13 heteroatoms. The Kier molecular flexibility index (Phi) is 10.7. The van der Waals surface area contributed by atoms with Crippen LogP contribution in [0.1, 0.15) is 97.9 Å². The van der Waals surface area contributed by atoms with Crippen LogP contribution in [0, 0.1) is 5.41 Å². The molecule has 3 aliphatic heterocycles. The average Bonchev–Trinajstić information content (AvgIpc) is 3.51. The average molecular weight is 710 g/mol. The molecule has 2 aromatic rings. The largest absolute Gasteiger partial charge is 0.459 e. The van der Waals surface area contributed by atoms with Crippen LogP contribution in [0.2, 0.25) is 0 Å². The van der Waals surface area contributed by atoms with E-state index in [-0.39, 0.29) is 23.9 Å². The fourth-order valence-electron chi connectivity index (χ4n) is 7.04. The van der Waals surface area contributed by atoms with Crippen LogP contribution in [0.25, 0.3) is 10.4 Å². The van der Waals surface area contributed by atoms with E-state index < -0.39 is 34.4 Å². The number of hydrogen-bond acceptors (Lipinski definition) is 9. The van der Waals surface area contributed by atoms with Crippen molar-refractivity contribution >= 4 is 46.4 Å². The Morgan fingerprint density at radius 1 is 0.980 bits per heavy atom. The van der Waals surface area contributed by atoms with Gasteiger partial charge in [0, 0.05) is 37.0 Å². The first kappa shape index (κ1) is 37.3. The third-order valence-electron chi connectivity index (χ3n) is 8.91. The SMILES string of the molecule is CC(C)(C)OC(=O)/N=C(/NC(=O)OC(C)(C)C)Nc1sc(-c2ccccc2)cc1C(=O)N1CCC(N2CCCC3(C2)CC(C)(C)OC3=O)CC1. The number of ether oxygens (including phenoxy) is 3. The first-order chi connectivity index (χ1) is 23.3. The van der Waals surface area contributed by atoms with Crippen LogP contribution in [-0.2, 0) is 19.0 Å². The van der Waals surface area contributed by atoms with Crippen molar-refractivity contribution in [1.29, 1.82) is 0 Å². The van der Waals surface area contributed by atoms with E-state index in [1.807, 2.05) is 55.1 Å². The number of alkyl carbamates (subject to hydrolysis) is 1. The van der Waals surface area contributed by atoms with Crippen molar-refractivity contribution in [1.82, 2.24) is 15.1 Å². The number of piperidine rings is 2. The number of anilines is 1. The highest BCUT2D eigenvalue weighted by molar-refractivity contribution is 7.20. The number of thiophene rings is 1. The first-order valence-corrected chi connectivity index (χ1v) is 18.2. The molecule has 1 aromatic carbocycles. The second kappa shape index (κ2) is 14.3. The molecular formula is C37H51N5O7S. The van der Waals surface area contributed by atoms with Gasteiger partial charge in [0.05, 0.1) is 11.0 Å². The maximum Gasteiger partial charge on any atom is 0.437 e. The van der Waals surface area contributed by atoms with Crippen molar-refractivity contribution in [2.75, 3.05) is 31.5 Å². The third-order valence-corrected chi connectivity index (χ3v) is 10.0. The summed E-state index contributed by atoms with van der Waals surface area (Å²) in [4.78, 5) is 61.9. The summed E-state index contributed by atoms with van der Waals surface area (Å²) in [6.07, 6.45) is 2.35. The molecule has 0 radical (unpaired) electrons. The van der Waals surface area contributed by atoms with Gasteiger partial charge in [0.15, 0.2) is 0 Å². The summed E-state index contributed by atoms with van der Waals surface area (Å²) in [7, 11) is 0. The summed E-state index contributed by atoms with van der Waals surface area (Å²) < 4.78 is 16.5. The number of benzene rings is 1. The molecular weight excluding hydrogens is 659 g/mol. The van der Waals surface area contributed by atoms with Gasteiger partial charge in [0.1, 0.15) is 21.8 Å². The number of aliphatic imine (C=N–C) groups is 1. The zero-order valence-corrected chi connectivity index (χ0v) is 31.3. The minimum absolute atomic E-state index is 0.0812. The van der Waals surface area contributed by atoms with E-state index in [0.29, 0.717) is 30.2 Å². The number of likely N-dealkylation sites (tertiary alicyclic amines) is 2. The molecule has 3 aliphatic rings. The Bertz CT molecular complexity index is 1620. The fraction of sp³-hybridized carbons (Fsp3) is 0.595. The van der Waals surface area contributed by atoms with Crippen molar-refractivity contribution < 1.29 is 33.4 Å². The van der Waals surface area contributed by atoms with E-state index in [1.54, 1.807) is 41.5 Å². The minimum atomic E-state index is -0.917. The quantitative estimate of drug-likeness (QED) is 0.148. The lowest BCUT2D eigenvalue weighted by Gasteiger charge is -2.44. The summed E-state index contributed by atoms with van der Waals surface area (Å²) in [5.41, 5.74) is -1.21. The van der Waals surface area contributed by atoms with E-state index in [1.165, 1.54) is 11.3 Å². The zero-order chi connectivity index (χ0) is 36.5. The fourth-order valence-corrected chi connectivity index (χ4v) is 8.09. The molecule has 0 saturated carbocycles. The molecule has 1 aromatic heterocycles. The summed E-state index contributed by atoms with van der Waals surface area (Å²) >= 11 is 1.31. The Balaban J connectivity index is 1.36. The van der Waals surface area contributed by atoms with E-state index in [9.17, 15) is 19.2 Å². The van der Waals surface area contributed by atoms with Crippen LogP contribution < -0.4 is 10.6 Å². The van der Waals surface area contributed by atoms with Crippen molar-refractivity contribution in [3.8, 4) is 10.4 Å². The number of amides is 3. The van der Waals surface area contributed by atoms with Gasteiger partial charge in [-0.1, -0.05) is 30.3 Å². The van der Waals surface area contributed by atoms with Crippen LogP contribution in [0.15, 0.2) is 41.4 Å². The monoisotopic (exact) mass is 709 g/mol. The molecule has 272 valence electrons. The molecule has 3 amide bonds. The number of guanidine groups is 1. The van der Waals surface area contributed by atoms with Gasteiger partial charge >= 0.3 is 18.2 Å². The number of nitrogens with zero attached hydrogens (tertiary/aromatic N) is 3. The molecule has 0 bridgehead atoms. The maximum atomic E-state index is 14.2. The molecule has 1 spiro atoms. The molecule has 50 heavy (non-hydrogen) atoms. The zero-order valence-electron chi connectivity index (χ0n) is 30.5. The van der Waals surface area contributed by atoms with Crippen molar-refractivity contribution in [2.45, 2.75) is 110 Å². The molecule has 3 saturated heterocycles. The topological polar surface area (TPSA) is 139 Å². The van der Waals surface area contributed by atoms with Crippen molar-refractivity contribution in [3.63, 3.8) is 0 Å². The number of hydrogen-bond donors (Lipinski definition) is 2. The van der Waals surface area contributed by atoms with Crippen molar-refractivity contribution in [2.24, 2.45) is 10.4 Å². The number of cyclic esters (lactones) is 1. The van der Waals surface area contributed by atoms with Crippen LogP contribution in [0.3, 0.4) is 0 Å². The summed E-state index contributed by atoms with van der Waals surface area (Å²) in [6.45, 7) is 17.0. The molecule has 3 fully saturated rings. The van der Waals surface area contributed by atoms with Gasteiger partial charge in [-0.15, -0.1) is 16.3 Å². The Labute approximate surface area is 298 Å². The van der Waals surface area contributed by atoms with Gasteiger partial charge in [-0.25, -0.2) is 9.59 Å². The Morgan fingerprint density at radius 3 is 2.24 bits per heavy atom. The highest BCUT2D eigenvalue weighted by Gasteiger charge is 2.54. The van der Waals surface area contributed by atoms with Gasteiger partial charge in [-0.05, 0) is 99.2 Å². The van der Waals surface area contributed by atoms with Crippen molar-refractivity contribution in [3.05, 3.63) is 42.0 Å². The molecule has 1 atom stereocenters. The highest BCUT2D eigenvalue weighted by atomic mass is 32.1. The minimum Gasteiger partial charge on any atom is -0.459 e. The Hall–Kier alpha value is -3.97. The second-order valence-corrected chi connectivity index (χ2v) is 17.2. The lowest BCUT2D eigenvalue weighted by molar-refractivity contribution is -0.154. The number of carbonyl (C=O) groups excluding carboxylic acids is 4. The number of esters is 1. The van der Waals surface area contributed by atoms with Crippen LogP contribution >= 0.6 is 11.3 Å². The third kappa shape index (κ3) is 9.42. The first-order valence-electron chi connectivity index (χ1n) is 17.4. The number of rotatable bonds is 4. The highest BCUT2D eigenvalue weighted by Crippen LogP contribution is 2.47. The normalized spacial score (nSPS) is 21.9. The Morgan fingerprint density at radius 2 is 1.64 bits per heavy atom. The summed E-state index contributed by atoms with van der Waals surface area (Å²) in [5, 5.41) is 5.98. The van der Waals surface area contributed by atoms with Gasteiger partial charge in [0.2, 0.25) is 5.96 Å². The van der Waals surface area contributed by atoms with Gasteiger partial charge in [0.25, 0.3) is 5.91 Å². The van der Waals surface area contributed by atoms with E-state index >= 15 is 0 Å². The molecule has 5 rings (SSSR count). The lowest BCUT2D eigenvalue weighted by atomic mass is 9.74. The molecule has 0 aliphatic carbocycles. The van der Waals surface area contributed by atoms with Gasteiger partial charge in [-0.3, -0.25) is 19.8 Å². The van der Waals surface area contributed by atoms with Crippen LogP contribution in [0.4, 0.5) is 14.6 Å². The van der Waals surface area contributed by atoms with Gasteiger partial charge in [-0.2, -0.15) is 0 Å². The number of nitrogens with one attached hydrogen (secondary N) is 2. The van der Waals surface area contributed by atoms with Gasteiger partial charge < -0.3 is 24.4 Å². The lowest BCUT2D eigenvalue weighted by Crippen LogP contribution is -2.53. The molecule has 1 unspecified atom stereocenters. The van der Waals surface area contributed by atoms with Crippen LogP contribution in [0.5, 0.6) is 0 Å². The number of carbonyl (C=O) groups is 4. The summed E-state index contributed by atoms with van der Waals surface area (Å²) in [5.74, 6) is -0.480. The maximum absolute atomic E-state index is 14.2. The van der Waals surface area contributed by atoms with E-state index in [4.69, 9.17) is 14.2 Å². The molecule has 12 nitrogen and oxygen atoms in total. The van der Waals surface area contributed by atoms with Crippen LogP contribution in [-0.4, -0.2) is 88.8 Å². The molecule has 2 N–H and O–H groups in total. The standard InChI is InChI=1S/C37H51N5O7S/c1-34(2,3)48-32(45)39-31(40-33(46)49-35(4,5)6)38-28-26(21-27(50-28)24-13-10-9-11-14-24)29(43)41-19-15-25(16-20-41)42-18-12-17-37(23-42)22-36(7,8)47-30(37)44/h9-11,13-14,21,25H,12,15-20,22-23H2,1-8H3,(H2,38,39,40,45,46). The predicted octanol–water partition coefficient (Wildman–Crippen LogP) is 7.06. The predicted molar refractivity (Wildman–Crippen MR) is 193 cm³/mol. The second-order valence-electron chi connectivity index (χ2n) is 16.1. The van der Waals surface area contributed by atoms with E-state index in [0.717, 1.165) is 49.1 Å².